The second-order valence-electron chi connectivity index (χ2n) is 5.90. The summed E-state index contributed by atoms with van der Waals surface area (Å²) in [7, 11) is 0. The molecule has 1 rings (SSSR count). The highest BCUT2D eigenvalue weighted by atomic mass is 32.2. The van der Waals surface area contributed by atoms with Crippen molar-refractivity contribution in [3.05, 3.63) is 0 Å². The van der Waals surface area contributed by atoms with Crippen LogP contribution < -0.4 is 26.2 Å². The van der Waals surface area contributed by atoms with Crippen molar-refractivity contribution in [2.75, 3.05) is 13.1 Å². The quantitative estimate of drug-likeness (QED) is 0.246. The van der Waals surface area contributed by atoms with Crippen LogP contribution in [0.15, 0.2) is 0 Å². The molecule has 8 heteroatoms. The predicted molar refractivity (Wildman–Crippen MR) is 96.5 cm³/mol. The van der Waals surface area contributed by atoms with E-state index in [9.17, 15) is 4.79 Å². The molecule has 7 N–H and O–H groups in total. The summed E-state index contributed by atoms with van der Waals surface area (Å²) in [5.41, 5.74) is 4.17. The molecule has 1 saturated carbocycles. The van der Waals surface area contributed by atoms with Crippen molar-refractivity contribution in [1.29, 1.82) is 0 Å². The average Bonchev–Trinajstić information content (AvgIpc) is 2.54. The SMILES string of the molecule is CC(CCCCNSN)NC(=O)NCC1CCCCC1.NC=O. The van der Waals surface area contributed by atoms with E-state index in [2.05, 4.69) is 28.0 Å². The van der Waals surface area contributed by atoms with E-state index in [-0.39, 0.29) is 18.5 Å². The van der Waals surface area contributed by atoms with Gasteiger partial charge < -0.3 is 16.4 Å². The summed E-state index contributed by atoms with van der Waals surface area (Å²) in [6.07, 6.45) is 9.96. The predicted octanol–water partition coefficient (Wildman–Crippen LogP) is 1.64. The molecule has 3 amide bonds. The van der Waals surface area contributed by atoms with Crippen molar-refractivity contribution in [3.8, 4) is 0 Å². The van der Waals surface area contributed by atoms with Gasteiger partial charge in [-0.25, -0.2) is 4.79 Å². The molecule has 1 aliphatic carbocycles. The van der Waals surface area contributed by atoms with E-state index in [0.29, 0.717) is 5.92 Å². The molecule has 23 heavy (non-hydrogen) atoms. The van der Waals surface area contributed by atoms with Crippen molar-refractivity contribution in [2.24, 2.45) is 16.8 Å². The Hall–Kier alpha value is -0.990. The van der Waals surface area contributed by atoms with Crippen molar-refractivity contribution >= 4 is 24.6 Å². The third-order valence-corrected chi connectivity index (χ3v) is 4.27. The smallest absolute Gasteiger partial charge is 0.315 e. The molecule has 0 aromatic carbocycles. The molecular formula is C15H33N5O2S. The van der Waals surface area contributed by atoms with E-state index in [1.807, 2.05) is 0 Å². The van der Waals surface area contributed by atoms with Gasteiger partial charge in [-0.3, -0.25) is 14.7 Å². The van der Waals surface area contributed by atoms with Gasteiger partial charge in [0.05, 0.1) is 0 Å². The van der Waals surface area contributed by atoms with Crippen LogP contribution in [0.1, 0.15) is 58.3 Å². The lowest BCUT2D eigenvalue weighted by atomic mass is 9.89. The highest BCUT2D eigenvalue weighted by molar-refractivity contribution is 7.95. The van der Waals surface area contributed by atoms with Crippen LogP contribution in [0, 0.1) is 5.92 Å². The van der Waals surface area contributed by atoms with Crippen molar-refractivity contribution in [1.82, 2.24) is 15.4 Å². The minimum atomic E-state index is -0.0151. The van der Waals surface area contributed by atoms with Crippen LogP contribution in [0.5, 0.6) is 0 Å². The Labute approximate surface area is 144 Å². The topological polar surface area (TPSA) is 122 Å². The van der Waals surface area contributed by atoms with Crippen LogP contribution >= 0.6 is 12.1 Å². The van der Waals surface area contributed by atoms with E-state index < -0.39 is 0 Å². The molecule has 0 aliphatic heterocycles. The number of primary amides is 1. The maximum absolute atomic E-state index is 11.8. The Morgan fingerprint density at radius 1 is 1.30 bits per heavy atom. The highest BCUT2D eigenvalue weighted by Crippen LogP contribution is 2.22. The van der Waals surface area contributed by atoms with E-state index in [0.717, 1.165) is 44.5 Å². The fraction of sp³-hybridized carbons (Fsp3) is 0.867. The summed E-state index contributed by atoms with van der Waals surface area (Å²) in [5.74, 6) is 0.685. The number of urea groups is 1. The number of rotatable bonds is 9. The zero-order valence-corrected chi connectivity index (χ0v) is 15.0. The summed E-state index contributed by atoms with van der Waals surface area (Å²) in [6, 6.07) is 0.214. The first-order valence-corrected chi connectivity index (χ1v) is 9.30. The third-order valence-electron chi connectivity index (χ3n) is 3.90. The number of hydrogen-bond acceptors (Lipinski definition) is 5. The monoisotopic (exact) mass is 347 g/mol. The summed E-state index contributed by atoms with van der Waals surface area (Å²) in [5, 5.41) is 11.3. The number of hydrogen-bond donors (Lipinski definition) is 5. The van der Waals surface area contributed by atoms with Crippen molar-refractivity contribution in [3.63, 3.8) is 0 Å². The molecule has 0 heterocycles. The number of amides is 3. The van der Waals surface area contributed by atoms with Crippen LogP contribution in [-0.2, 0) is 4.79 Å². The summed E-state index contributed by atoms with van der Waals surface area (Å²) < 4.78 is 3.01. The molecule has 0 saturated heterocycles. The maximum Gasteiger partial charge on any atom is 0.315 e. The Kier molecular flexibility index (Phi) is 15.2. The first-order valence-electron chi connectivity index (χ1n) is 8.42. The standard InChI is InChI=1S/C14H30N4OS.CH3NO/c1-12(7-5-6-10-17-20-15)18-14(19)16-11-13-8-3-2-4-9-13;2-1-3/h12-13,17H,2-11,15H2,1H3,(H2,16,18,19);1H,(H2,2,3). The minimum absolute atomic E-state index is 0.0151. The maximum atomic E-state index is 11.8. The average molecular weight is 348 g/mol. The van der Waals surface area contributed by atoms with E-state index in [1.165, 1.54) is 32.1 Å². The fourth-order valence-corrected chi connectivity index (χ4v) is 2.94. The normalized spacial score (nSPS) is 15.9. The molecule has 1 unspecified atom stereocenters. The highest BCUT2D eigenvalue weighted by Gasteiger charge is 2.14. The summed E-state index contributed by atoms with van der Waals surface area (Å²) >= 11 is 1.16. The largest absolute Gasteiger partial charge is 0.372 e. The molecule has 0 aromatic rings. The lowest BCUT2D eigenvalue weighted by Gasteiger charge is -2.22. The van der Waals surface area contributed by atoms with Gasteiger partial charge in [0, 0.05) is 31.3 Å². The zero-order valence-electron chi connectivity index (χ0n) is 14.2. The van der Waals surface area contributed by atoms with Gasteiger partial charge in [-0.1, -0.05) is 25.7 Å². The molecule has 0 radical (unpaired) electrons. The molecule has 0 spiro atoms. The number of unbranched alkanes of at least 4 members (excludes halogenated alkanes) is 1. The summed E-state index contributed by atoms with van der Waals surface area (Å²) in [4.78, 5) is 20.4. The lowest BCUT2D eigenvalue weighted by molar-refractivity contribution is -0.106. The van der Waals surface area contributed by atoms with Crippen LogP contribution in [0.3, 0.4) is 0 Å². The van der Waals surface area contributed by atoms with E-state index in [1.54, 1.807) is 0 Å². The molecular weight excluding hydrogens is 314 g/mol. The van der Waals surface area contributed by atoms with Crippen LogP contribution in [0.25, 0.3) is 0 Å². The number of nitrogens with two attached hydrogens (primary N) is 2. The van der Waals surface area contributed by atoms with Gasteiger partial charge in [-0.15, -0.1) is 0 Å². The minimum Gasteiger partial charge on any atom is -0.372 e. The van der Waals surface area contributed by atoms with Gasteiger partial charge in [-0.05, 0) is 38.5 Å². The summed E-state index contributed by atoms with van der Waals surface area (Å²) in [6.45, 7) is 3.81. The molecule has 7 nitrogen and oxygen atoms in total. The third kappa shape index (κ3) is 14.3. The van der Waals surface area contributed by atoms with Gasteiger partial charge in [-0.2, -0.15) is 0 Å². The van der Waals surface area contributed by atoms with Gasteiger partial charge in [0.15, 0.2) is 0 Å². The first kappa shape index (κ1) is 22.0. The second-order valence-corrected chi connectivity index (χ2v) is 6.43. The zero-order chi connectivity index (χ0) is 17.3. The molecule has 1 aliphatic rings. The fourth-order valence-electron chi connectivity index (χ4n) is 2.68. The number of nitrogens with one attached hydrogen (secondary N) is 3. The Morgan fingerprint density at radius 3 is 2.57 bits per heavy atom. The first-order chi connectivity index (χ1) is 11.1. The van der Waals surface area contributed by atoms with Crippen molar-refractivity contribution in [2.45, 2.75) is 64.3 Å². The molecule has 0 bridgehead atoms. The molecule has 136 valence electrons. The second kappa shape index (κ2) is 15.9. The Balaban J connectivity index is 0.00000149. The van der Waals surface area contributed by atoms with Crippen LogP contribution in [-0.4, -0.2) is 31.6 Å². The van der Waals surface area contributed by atoms with E-state index >= 15 is 0 Å². The van der Waals surface area contributed by atoms with Gasteiger partial charge in [0.2, 0.25) is 6.41 Å². The van der Waals surface area contributed by atoms with Crippen LogP contribution in [0.4, 0.5) is 4.79 Å². The number of carbonyl (C=O) groups excluding carboxylic acids is 2. The van der Waals surface area contributed by atoms with Gasteiger partial charge in [0.1, 0.15) is 0 Å². The van der Waals surface area contributed by atoms with Gasteiger partial charge in [0.25, 0.3) is 0 Å². The van der Waals surface area contributed by atoms with Crippen LogP contribution in [0.2, 0.25) is 0 Å². The molecule has 1 atom stereocenters. The van der Waals surface area contributed by atoms with Crippen molar-refractivity contribution < 1.29 is 9.59 Å². The number of carbonyl (C=O) groups is 2. The molecule has 1 fully saturated rings. The molecule has 0 aromatic heterocycles. The van der Waals surface area contributed by atoms with Gasteiger partial charge >= 0.3 is 6.03 Å². The Morgan fingerprint density at radius 2 is 1.96 bits per heavy atom. The lowest BCUT2D eigenvalue weighted by Crippen LogP contribution is -2.42. The Bertz CT molecular complexity index is 302. The van der Waals surface area contributed by atoms with E-state index in [4.69, 9.17) is 9.93 Å².